The van der Waals surface area contributed by atoms with Crippen LogP contribution in [0.4, 0.5) is 10.5 Å². The molecule has 0 unspecified atom stereocenters. The van der Waals surface area contributed by atoms with Crippen LogP contribution < -0.4 is 25.8 Å². The van der Waals surface area contributed by atoms with Gasteiger partial charge in [-0.05, 0) is 0 Å². The second kappa shape index (κ2) is 8.42. The number of ether oxygens (including phenoxy) is 5. The summed E-state index contributed by atoms with van der Waals surface area (Å²) in [4.78, 5) is 23.2. The standard InChI is InChI=1S/C17H23N3O7/c1-23-10-3-9(4-11(5-10)24-2)19-17(22)20-12-6-26-16-13(7-27-15(12)16)25-8-14(18)21/h3-5,12-13,15-16H,6-8H2,1-2H3,(H2,18,21)(H2,19,20,22)/t12-,13-,15-,16+/m1/s1. The predicted molar refractivity (Wildman–Crippen MR) is 93.9 cm³/mol. The van der Waals surface area contributed by atoms with Crippen LogP contribution in [-0.4, -0.2) is 70.3 Å². The van der Waals surface area contributed by atoms with E-state index < -0.39 is 11.9 Å². The summed E-state index contributed by atoms with van der Waals surface area (Å²) in [5.74, 6) is 0.559. The van der Waals surface area contributed by atoms with Gasteiger partial charge in [0, 0.05) is 23.9 Å². The SMILES string of the molecule is COc1cc(NC(=O)N[C@@H]2CO[C@@H]3[C@@H]2OC[C@H]3OCC(N)=O)cc(OC)c1. The van der Waals surface area contributed by atoms with Gasteiger partial charge in [0.1, 0.15) is 36.4 Å². The summed E-state index contributed by atoms with van der Waals surface area (Å²) >= 11 is 0. The molecule has 0 aromatic heterocycles. The van der Waals surface area contributed by atoms with Gasteiger partial charge < -0.3 is 40.1 Å². The van der Waals surface area contributed by atoms with Gasteiger partial charge in [0.25, 0.3) is 0 Å². The molecule has 1 aromatic rings. The molecule has 0 saturated carbocycles. The third-order valence-electron chi connectivity index (χ3n) is 4.37. The first kappa shape index (κ1) is 19.2. The fraction of sp³-hybridized carbons (Fsp3) is 0.529. The molecule has 0 aliphatic carbocycles. The molecule has 2 aliphatic rings. The summed E-state index contributed by atoms with van der Waals surface area (Å²) < 4.78 is 27.1. The zero-order chi connectivity index (χ0) is 19.4. The summed E-state index contributed by atoms with van der Waals surface area (Å²) in [5.41, 5.74) is 5.61. The molecule has 10 heteroatoms. The molecule has 0 radical (unpaired) electrons. The molecule has 2 saturated heterocycles. The van der Waals surface area contributed by atoms with Crippen molar-refractivity contribution in [3.8, 4) is 11.5 Å². The highest BCUT2D eigenvalue weighted by molar-refractivity contribution is 5.90. The monoisotopic (exact) mass is 381 g/mol. The van der Waals surface area contributed by atoms with Crippen LogP contribution in [0.1, 0.15) is 0 Å². The van der Waals surface area contributed by atoms with Crippen LogP contribution in [0, 0.1) is 0 Å². The third kappa shape index (κ3) is 4.59. The van der Waals surface area contributed by atoms with Crippen LogP contribution in [-0.2, 0) is 19.0 Å². The number of amides is 3. The van der Waals surface area contributed by atoms with Crippen molar-refractivity contribution >= 4 is 17.6 Å². The highest BCUT2D eigenvalue weighted by Gasteiger charge is 2.48. The molecule has 3 amide bonds. The van der Waals surface area contributed by atoms with E-state index >= 15 is 0 Å². The first-order valence-corrected chi connectivity index (χ1v) is 8.44. The minimum atomic E-state index is -0.556. The van der Waals surface area contributed by atoms with Crippen molar-refractivity contribution in [2.45, 2.75) is 24.4 Å². The number of methoxy groups -OCH3 is 2. The minimum absolute atomic E-state index is 0.198. The van der Waals surface area contributed by atoms with Crippen molar-refractivity contribution in [2.75, 3.05) is 39.4 Å². The molecule has 0 spiro atoms. The van der Waals surface area contributed by atoms with E-state index in [1.165, 1.54) is 14.2 Å². The number of anilines is 1. The van der Waals surface area contributed by atoms with E-state index in [9.17, 15) is 9.59 Å². The lowest BCUT2D eigenvalue weighted by atomic mass is 10.1. The van der Waals surface area contributed by atoms with Crippen molar-refractivity contribution in [3.63, 3.8) is 0 Å². The molecule has 3 rings (SSSR count). The Morgan fingerprint density at radius 3 is 2.41 bits per heavy atom. The quantitative estimate of drug-likeness (QED) is 0.599. The van der Waals surface area contributed by atoms with E-state index in [-0.39, 0.29) is 44.2 Å². The molecule has 0 bridgehead atoms. The lowest BCUT2D eigenvalue weighted by Gasteiger charge is -2.18. The smallest absolute Gasteiger partial charge is 0.319 e. The molecule has 148 valence electrons. The molecule has 2 aliphatic heterocycles. The number of urea groups is 1. The second-order valence-corrected chi connectivity index (χ2v) is 6.22. The first-order chi connectivity index (χ1) is 13.0. The van der Waals surface area contributed by atoms with Gasteiger partial charge in [-0.2, -0.15) is 0 Å². The topological polar surface area (TPSA) is 130 Å². The van der Waals surface area contributed by atoms with Crippen LogP contribution in [0.25, 0.3) is 0 Å². The average Bonchev–Trinajstić information content (AvgIpc) is 3.22. The fourth-order valence-corrected chi connectivity index (χ4v) is 3.14. The van der Waals surface area contributed by atoms with E-state index in [2.05, 4.69) is 10.6 Å². The van der Waals surface area contributed by atoms with E-state index in [1.54, 1.807) is 18.2 Å². The van der Waals surface area contributed by atoms with Crippen molar-refractivity contribution in [3.05, 3.63) is 18.2 Å². The maximum atomic E-state index is 12.3. The van der Waals surface area contributed by atoms with E-state index in [4.69, 9.17) is 29.4 Å². The summed E-state index contributed by atoms with van der Waals surface area (Å²) in [6, 6.07) is 4.30. The van der Waals surface area contributed by atoms with Crippen LogP contribution in [0.15, 0.2) is 18.2 Å². The van der Waals surface area contributed by atoms with Gasteiger partial charge in [-0.1, -0.05) is 0 Å². The number of nitrogens with two attached hydrogens (primary N) is 1. The van der Waals surface area contributed by atoms with Gasteiger partial charge in [0.05, 0.1) is 33.5 Å². The molecule has 2 fully saturated rings. The maximum Gasteiger partial charge on any atom is 0.319 e. The van der Waals surface area contributed by atoms with Gasteiger partial charge in [-0.3, -0.25) is 4.79 Å². The molecular weight excluding hydrogens is 358 g/mol. The van der Waals surface area contributed by atoms with E-state index in [1.807, 2.05) is 0 Å². The Labute approximate surface area is 156 Å². The number of primary amides is 1. The minimum Gasteiger partial charge on any atom is -0.497 e. The molecule has 4 atom stereocenters. The van der Waals surface area contributed by atoms with Crippen molar-refractivity contribution in [1.82, 2.24) is 5.32 Å². The number of carbonyl (C=O) groups is 2. The Hall–Kier alpha value is -2.56. The number of benzene rings is 1. The van der Waals surface area contributed by atoms with E-state index in [0.29, 0.717) is 17.2 Å². The number of fused-ring (bicyclic) bond motifs is 1. The van der Waals surface area contributed by atoms with Gasteiger partial charge in [0.15, 0.2) is 0 Å². The van der Waals surface area contributed by atoms with E-state index in [0.717, 1.165) is 0 Å². The molecule has 4 N–H and O–H groups in total. The van der Waals surface area contributed by atoms with Gasteiger partial charge in [-0.25, -0.2) is 4.79 Å². The summed E-state index contributed by atoms with van der Waals surface area (Å²) in [5, 5.41) is 5.57. The van der Waals surface area contributed by atoms with Gasteiger partial charge in [0.2, 0.25) is 5.91 Å². The number of hydrogen-bond donors (Lipinski definition) is 3. The molecule has 2 heterocycles. The summed E-state index contributed by atoms with van der Waals surface area (Å²) in [6.07, 6.45) is -1.10. The number of carbonyl (C=O) groups excluding carboxylic acids is 2. The fourth-order valence-electron chi connectivity index (χ4n) is 3.14. The molecule has 27 heavy (non-hydrogen) atoms. The van der Waals surface area contributed by atoms with Crippen LogP contribution in [0.2, 0.25) is 0 Å². The Balaban J connectivity index is 1.56. The van der Waals surface area contributed by atoms with Gasteiger partial charge >= 0.3 is 6.03 Å². The third-order valence-corrected chi connectivity index (χ3v) is 4.37. The lowest BCUT2D eigenvalue weighted by molar-refractivity contribution is -0.126. The normalized spacial score (nSPS) is 26.3. The highest BCUT2D eigenvalue weighted by Crippen LogP contribution is 2.29. The predicted octanol–water partition coefficient (Wildman–Crippen LogP) is -0.138. The Kier molecular flexibility index (Phi) is 5.99. The van der Waals surface area contributed by atoms with Crippen molar-refractivity contribution in [1.29, 1.82) is 0 Å². The Morgan fingerprint density at radius 2 is 1.78 bits per heavy atom. The Morgan fingerprint density at radius 1 is 1.11 bits per heavy atom. The summed E-state index contributed by atoms with van der Waals surface area (Å²) in [7, 11) is 3.06. The number of hydrogen-bond acceptors (Lipinski definition) is 7. The average molecular weight is 381 g/mol. The largest absolute Gasteiger partial charge is 0.497 e. The molecule has 1 aromatic carbocycles. The number of nitrogens with one attached hydrogen (secondary N) is 2. The van der Waals surface area contributed by atoms with Crippen molar-refractivity contribution < 1.29 is 33.3 Å². The number of rotatable bonds is 7. The maximum absolute atomic E-state index is 12.3. The van der Waals surface area contributed by atoms with Crippen LogP contribution >= 0.6 is 0 Å². The first-order valence-electron chi connectivity index (χ1n) is 8.44. The van der Waals surface area contributed by atoms with Gasteiger partial charge in [-0.15, -0.1) is 0 Å². The molecule has 10 nitrogen and oxygen atoms in total. The zero-order valence-electron chi connectivity index (χ0n) is 15.1. The Bertz CT molecular complexity index is 677. The highest BCUT2D eigenvalue weighted by atomic mass is 16.6. The lowest BCUT2D eigenvalue weighted by Crippen LogP contribution is -2.46. The van der Waals surface area contributed by atoms with Crippen molar-refractivity contribution in [2.24, 2.45) is 5.73 Å². The van der Waals surface area contributed by atoms with Crippen LogP contribution in [0.5, 0.6) is 11.5 Å². The summed E-state index contributed by atoms with van der Waals surface area (Å²) in [6.45, 7) is 0.354. The second-order valence-electron chi connectivity index (χ2n) is 6.22. The van der Waals surface area contributed by atoms with Crippen LogP contribution in [0.3, 0.4) is 0 Å². The zero-order valence-corrected chi connectivity index (χ0v) is 15.1. The molecular formula is C17H23N3O7.